The van der Waals surface area contributed by atoms with Crippen LogP contribution in [-0.2, 0) is 0 Å². The van der Waals surface area contributed by atoms with Crippen molar-refractivity contribution in [1.29, 1.82) is 0 Å². The third kappa shape index (κ3) is 3.11. The van der Waals surface area contributed by atoms with Gasteiger partial charge in [-0.3, -0.25) is 4.79 Å². The van der Waals surface area contributed by atoms with Gasteiger partial charge in [0.1, 0.15) is 11.6 Å². The van der Waals surface area contributed by atoms with Gasteiger partial charge in [0.05, 0.1) is 18.4 Å². The Kier molecular flexibility index (Phi) is 4.63. The standard InChI is InChI=1S/C15H14FNO2S/c1-19-10-7-8-11(12(16)9-10)15(18)17-13-5-3-4-6-14(13)20-2/h3-9H,1-2H3,(H,17,18). The minimum atomic E-state index is -0.608. The summed E-state index contributed by atoms with van der Waals surface area (Å²) in [6, 6.07) is 11.5. The molecule has 0 fully saturated rings. The maximum absolute atomic E-state index is 13.8. The molecule has 1 amide bonds. The monoisotopic (exact) mass is 291 g/mol. The van der Waals surface area contributed by atoms with Crippen molar-refractivity contribution in [1.82, 2.24) is 0 Å². The Hall–Kier alpha value is -2.01. The SMILES string of the molecule is COc1ccc(C(=O)Nc2ccccc2SC)c(F)c1. The van der Waals surface area contributed by atoms with Crippen molar-refractivity contribution in [2.45, 2.75) is 4.90 Å². The maximum atomic E-state index is 13.8. The highest BCUT2D eigenvalue weighted by molar-refractivity contribution is 7.98. The smallest absolute Gasteiger partial charge is 0.258 e. The minimum absolute atomic E-state index is 0.0123. The van der Waals surface area contributed by atoms with Crippen LogP contribution < -0.4 is 10.1 Å². The molecule has 0 spiro atoms. The lowest BCUT2D eigenvalue weighted by Crippen LogP contribution is -2.14. The van der Waals surface area contributed by atoms with Crippen molar-refractivity contribution >= 4 is 23.4 Å². The van der Waals surface area contributed by atoms with Crippen LogP contribution in [0.15, 0.2) is 47.4 Å². The van der Waals surface area contributed by atoms with Crippen LogP contribution in [0.2, 0.25) is 0 Å². The van der Waals surface area contributed by atoms with Gasteiger partial charge < -0.3 is 10.1 Å². The van der Waals surface area contributed by atoms with Gasteiger partial charge in [0, 0.05) is 11.0 Å². The van der Waals surface area contributed by atoms with Gasteiger partial charge in [0.25, 0.3) is 5.91 Å². The molecule has 0 aliphatic carbocycles. The van der Waals surface area contributed by atoms with Gasteiger partial charge in [0.15, 0.2) is 0 Å². The summed E-state index contributed by atoms with van der Waals surface area (Å²) in [5.41, 5.74) is 0.655. The summed E-state index contributed by atoms with van der Waals surface area (Å²) in [5, 5.41) is 2.72. The zero-order chi connectivity index (χ0) is 14.5. The predicted octanol–water partition coefficient (Wildman–Crippen LogP) is 3.81. The molecule has 3 nitrogen and oxygen atoms in total. The highest BCUT2D eigenvalue weighted by atomic mass is 32.2. The number of ether oxygens (including phenoxy) is 1. The molecule has 0 aliphatic heterocycles. The number of anilines is 1. The molecule has 5 heteroatoms. The number of nitrogens with one attached hydrogen (secondary N) is 1. The van der Waals surface area contributed by atoms with Gasteiger partial charge >= 0.3 is 0 Å². The Morgan fingerprint density at radius 2 is 2.00 bits per heavy atom. The number of thioether (sulfide) groups is 1. The van der Waals surface area contributed by atoms with Crippen LogP contribution in [0.3, 0.4) is 0 Å². The molecule has 0 saturated heterocycles. The number of methoxy groups -OCH3 is 1. The number of carbonyl (C=O) groups excluding carboxylic acids is 1. The molecule has 0 atom stereocenters. The summed E-state index contributed by atoms with van der Waals surface area (Å²) in [7, 11) is 1.45. The van der Waals surface area contributed by atoms with Crippen LogP contribution in [0.4, 0.5) is 10.1 Å². The van der Waals surface area contributed by atoms with Gasteiger partial charge in [-0.2, -0.15) is 0 Å². The van der Waals surface area contributed by atoms with Crippen molar-refractivity contribution in [3.63, 3.8) is 0 Å². The molecule has 1 N–H and O–H groups in total. The van der Waals surface area contributed by atoms with E-state index in [1.54, 1.807) is 12.1 Å². The highest BCUT2D eigenvalue weighted by Gasteiger charge is 2.14. The van der Waals surface area contributed by atoms with Gasteiger partial charge in [-0.1, -0.05) is 12.1 Å². The third-order valence-electron chi connectivity index (χ3n) is 2.78. The lowest BCUT2D eigenvalue weighted by atomic mass is 10.2. The summed E-state index contributed by atoms with van der Waals surface area (Å²) in [6.45, 7) is 0. The topological polar surface area (TPSA) is 38.3 Å². The number of para-hydroxylation sites is 1. The normalized spacial score (nSPS) is 10.2. The molecule has 0 bridgehead atoms. The lowest BCUT2D eigenvalue weighted by Gasteiger charge is -2.10. The molecule has 0 heterocycles. The summed E-state index contributed by atoms with van der Waals surface area (Å²) < 4.78 is 18.7. The fourth-order valence-electron chi connectivity index (χ4n) is 1.74. The second-order valence-corrected chi connectivity index (χ2v) is 4.85. The molecule has 0 saturated carbocycles. The second-order valence-electron chi connectivity index (χ2n) is 4.00. The minimum Gasteiger partial charge on any atom is -0.497 e. The van der Waals surface area contributed by atoms with Crippen LogP contribution in [0.5, 0.6) is 5.75 Å². The Labute approximate surface area is 121 Å². The average molecular weight is 291 g/mol. The lowest BCUT2D eigenvalue weighted by molar-refractivity contribution is 0.102. The van der Waals surface area contributed by atoms with Gasteiger partial charge in [-0.15, -0.1) is 11.8 Å². The van der Waals surface area contributed by atoms with E-state index in [1.807, 2.05) is 24.5 Å². The number of carbonyl (C=O) groups is 1. The van der Waals surface area contributed by atoms with E-state index >= 15 is 0 Å². The van der Waals surface area contributed by atoms with Gasteiger partial charge in [-0.25, -0.2) is 4.39 Å². The second kappa shape index (κ2) is 6.43. The molecule has 104 valence electrons. The number of benzene rings is 2. The Morgan fingerprint density at radius 3 is 2.65 bits per heavy atom. The molecule has 0 radical (unpaired) electrons. The van der Waals surface area contributed by atoms with Crippen LogP contribution in [-0.4, -0.2) is 19.3 Å². The first-order chi connectivity index (χ1) is 9.65. The molecule has 20 heavy (non-hydrogen) atoms. The quantitative estimate of drug-likeness (QED) is 0.871. The number of halogens is 1. The Balaban J connectivity index is 2.24. The van der Waals surface area contributed by atoms with E-state index in [2.05, 4.69) is 5.32 Å². The number of hydrogen-bond acceptors (Lipinski definition) is 3. The summed E-state index contributed by atoms with van der Waals surface area (Å²) in [5.74, 6) is -0.710. The molecule has 2 rings (SSSR count). The van der Waals surface area contributed by atoms with E-state index in [9.17, 15) is 9.18 Å². The third-order valence-corrected chi connectivity index (χ3v) is 3.57. The summed E-state index contributed by atoms with van der Waals surface area (Å²) in [4.78, 5) is 13.0. The fourth-order valence-corrected chi connectivity index (χ4v) is 2.30. The van der Waals surface area contributed by atoms with Gasteiger partial charge in [-0.05, 0) is 30.5 Å². The van der Waals surface area contributed by atoms with Crippen LogP contribution in [0, 0.1) is 5.82 Å². The maximum Gasteiger partial charge on any atom is 0.258 e. The van der Waals surface area contributed by atoms with E-state index in [4.69, 9.17) is 4.74 Å². The van der Waals surface area contributed by atoms with Crippen LogP contribution in [0.1, 0.15) is 10.4 Å². The summed E-state index contributed by atoms with van der Waals surface area (Å²) in [6.07, 6.45) is 1.92. The molecule has 2 aromatic carbocycles. The van der Waals surface area contributed by atoms with Crippen LogP contribution >= 0.6 is 11.8 Å². The largest absolute Gasteiger partial charge is 0.497 e. The molecular weight excluding hydrogens is 277 g/mol. The van der Waals surface area contributed by atoms with Crippen molar-refractivity contribution < 1.29 is 13.9 Å². The van der Waals surface area contributed by atoms with E-state index < -0.39 is 11.7 Å². The fraction of sp³-hybridized carbons (Fsp3) is 0.133. The highest BCUT2D eigenvalue weighted by Crippen LogP contribution is 2.25. The van der Waals surface area contributed by atoms with E-state index in [1.165, 1.54) is 31.0 Å². The molecule has 0 unspecified atom stereocenters. The van der Waals surface area contributed by atoms with Crippen molar-refractivity contribution in [3.05, 3.63) is 53.8 Å². The van der Waals surface area contributed by atoms with Gasteiger partial charge in [0.2, 0.25) is 0 Å². The summed E-state index contributed by atoms with van der Waals surface area (Å²) >= 11 is 1.51. The van der Waals surface area contributed by atoms with Crippen molar-refractivity contribution in [3.8, 4) is 5.75 Å². The van der Waals surface area contributed by atoms with E-state index in [0.29, 0.717) is 11.4 Å². The molecular formula is C15H14FNO2S. The zero-order valence-corrected chi connectivity index (χ0v) is 12.0. The Morgan fingerprint density at radius 1 is 1.25 bits per heavy atom. The molecule has 0 aromatic heterocycles. The average Bonchev–Trinajstić information content (AvgIpc) is 2.47. The molecule has 2 aromatic rings. The molecule has 0 aliphatic rings. The number of amides is 1. The van der Waals surface area contributed by atoms with Crippen molar-refractivity contribution in [2.24, 2.45) is 0 Å². The number of rotatable bonds is 4. The number of hydrogen-bond donors (Lipinski definition) is 1. The predicted molar refractivity (Wildman–Crippen MR) is 79.1 cm³/mol. The first-order valence-corrected chi connectivity index (χ1v) is 7.16. The zero-order valence-electron chi connectivity index (χ0n) is 11.1. The van der Waals surface area contributed by atoms with E-state index in [-0.39, 0.29) is 5.56 Å². The first-order valence-electron chi connectivity index (χ1n) is 5.93. The Bertz CT molecular complexity index is 631. The first kappa shape index (κ1) is 14.4. The van der Waals surface area contributed by atoms with E-state index in [0.717, 1.165) is 4.90 Å². The van der Waals surface area contributed by atoms with Crippen LogP contribution in [0.25, 0.3) is 0 Å². The van der Waals surface area contributed by atoms with Crippen molar-refractivity contribution in [2.75, 3.05) is 18.7 Å².